The monoisotopic (exact) mass is 288 g/mol. The zero-order valence-electron chi connectivity index (χ0n) is 12.1. The van der Waals surface area contributed by atoms with Crippen LogP contribution in [0.2, 0.25) is 0 Å². The van der Waals surface area contributed by atoms with Crippen molar-refractivity contribution in [3.63, 3.8) is 0 Å². The molecule has 1 amide bonds. The third-order valence-corrected chi connectivity index (χ3v) is 5.22. The largest absolute Gasteiger partial charge is 0.314 e. The molecule has 2 atom stereocenters. The van der Waals surface area contributed by atoms with Crippen LogP contribution in [0.4, 0.5) is 0 Å². The van der Waals surface area contributed by atoms with E-state index in [1.54, 1.807) is 0 Å². The summed E-state index contributed by atoms with van der Waals surface area (Å²) in [5, 5.41) is 3.66. The van der Waals surface area contributed by atoms with Crippen molar-refractivity contribution in [2.45, 2.75) is 11.6 Å². The van der Waals surface area contributed by atoms with E-state index in [9.17, 15) is 4.79 Å². The third kappa shape index (κ3) is 1.28. The van der Waals surface area contributed by atoms with Crippen LogP contribution in [-0.4, -0.2) is 23.9 Å². The highest BCUT2D eigenvalue weighted by atomic mass is 16.2. The maximum absolute atomic E-state index is 12.8. The van der Waals surface area contributed by atoms with E-state index in [4.69, 9.17) is 0 Å². The van der Waals surface area contributed by atoms with E-state index >= 15 is 0 Å². The Bertz CT molecular complexity index is 826. The Balaban J connectivity index is 1.77. The Labute approximate surface area is 129 Å². The topological polar surface area (TPSA) is 32.3 Å². The molecule has 3 aliphatic rings. The Morgan fingerprint density at radius 1 is 1.09 bits per heavy atom. The Morgan fingerprint density at radius 3 is 2.86 bits per heavy atom. The minimum atomic E-state index is -0.420. The van der Waals surface area contributed by atoms with Crippen molar-refractivity contribution in [3.8, 4) is 0 Å². The summed E-state index contributed by atoms with van der Waals surface area (Å²) < 4.78 is 0. The van der Waals surface area contributed by atoms with Crippen LogP contribution in [0.25, 0.3) is 6.08 Å². The molecule has 0 bridgehead atoms. The van der Waals surface area contributed by atoms with E-state index in [1.807, 2.05) is 23.1 Å². The van der Waals surface area contributed by atoms with Gasteiger partial charge in [-0.05, 0) is 17.2 Å². The minimum Gasteiger partial charge on any atom is -0.314 e. The predicted octanol–water partition coefficient (Wildman–Crippen LogP) is 2.71. The van der Waals surface area contributed by atoms with Gasteiger partial charge in [0.1, 0.15) is 5.66 Å². The fourth-order valence-corrected chi connectivity index (χ4v) is 4.34. The summed E-state index contributed by atoms with van der Waals surface area (Å²) in [7, 11) is 0. The fraction of sp³-hybridized carbons (Fsp3) is 0.211. The molecular formula is C19H16N2O. The van der Waals surface area contributed by atoms with Gasteiger partial charge in [-0.15, -0.1) is 0 Å². The Morgan fingerprint density at radius 2 is 1.91 bits per heavy atom. The first-order chi connectivity index (χ1) is 10.8. The molecule has 108 valence electrons. The number of amides is 1. The molecule has 0 radical (unpaired) electrons. The number of fused-ring (bicyclic) bond motifs is 4. The zero-order valence-corrected chi connectivity index (χ0v) is 12.1. The van der Waals surface area contributed by atoms with E-state index < -0.39 is 5.66 Å². The highest BCUT2D eigenvalue weighted by molar-refractivity contribution is 6.00. The summed E-state index contributed by atoms with van der Waals surface area (Å²) in [6.45, 7) is 1.60. The molecule has 2 aromatic carbocycles. The van der Waals surface area contributed by atoms with Gasteiger partial charge in [0.15, 0.2) is 0 Å². The minimum absolute atomic E-state index is 0.151. The summed E-state index contributed by atoms with van der Waals surface area (Å²) >= 11 is 0. The van der Waals surface area contributed by atoms with Crippen molar-refractivity contribution >= 4 is 12.0 Å². The van der Waals surface area contributed by atoms with Gasteiger partial charge in [0, 0.05) is 30.1 Å². The summed E-state index contributed by atoms with van der Waals surface area (Å²) in [4.78, 5) is 14.8. The molecule has 1 fully saturated rings. The first-order valence-electron chi connectivity index (χ1n) is 7.76. The number of carbonyl (C=O) groups excluding carboxylic acids is 1. The summed E-state index contributed by atoms with van der Waals surface area (Å²) in [6, 6.07) is 16.5. The number of hydrogen-bond donors (Lipinski definition) is 1. The SMILES string of the molecule is O=C1c2ccccc2C2(C3C=Cc4ccccc43)NCCN12. The van der Waals surface area contributed by atoms with Crippen molar-refractivity contribution < 1.29 is 4.79 Å². The molecular weight excluding hydrogens is 272 g/mol. The molecule has 2 unspecified atom stereocenters. The first kappa shape index (κ1) is 12.2. The van der Waals surface area contributed by atoms with E-state index in [0.717, 1.165) is 24.2 Å². The van der Waals surface area contributed by atoms with Crippen LogP contribution >= 0.6 is 0 Å². The number of nitrogens with one attached hydrogen (secondary N) is 1. The van der Waals surface area contributed by atoms with Gasteiger partial charge < -0.3 is 4.90 Å². The van der Waals surface area contributed by atoms with Crippen molar-refractivity contribution in [1.82, 2.24) is 10.2 Å². The van der Waals surface area contributed by atoms with Gasteiger partial charge >= 0.3 is 0 Å². The van der Waals surface area contributed by atoms with Crippen LogP contribution in [-0.2, 0) is 5.66 Å². The number of hydrogen-bond acceptors (Lipinski definition) is 2. The number of rotatable bonds is 1. The lowest BCUT2D eigenvalue weighted by Gasteiger charge is -2.38. The van der Waals surface area contributed by atoms with Crippen molar-refractivity contribution in [2.75, 3.05) is 13.1 Å². The van der Waals surface area contributed by atoms with Gasteiger partial charge in [-0.3, -0.25) is 10.1 Å². The van der Waals surface area contributed by atoms with Crippen molar-refractivity contribution in [2.24, 2.45) is 0 Å². The normalized spacial score (nSPS) is 27.9. The molecule has 1 N–H and O–H groups in total. The van der Waals surface area contributed by atoms with E-state index in [2.05, 4.69) is 47.8 Å². The lowest BCUT2D eigenvalue weighted by molar-refractivity contribution is 0.0601. The van der Waals surface area contributed by atoms with Gasteiger partial charge in [0.05, 0.1) is 0 Å². The molecule has 22 heavy (non-hydrogen) atoms. The molecule has 2 aliphatic heterocycles. The first-order valence-corrected chi connectivity index (χ1v) is 7.76. The molecule has 2 aromatic rings. The van der Waals surface area contributed by atoms with E-state index in [1.165, 1.54) is 11.1 Å². The van der Waals surface area contributed by atoms with Gasteiger partial charge in [0.2, 0.25) is 0 Å². The zero-order chi connectivity index (χ0) is 14.7. The molecule has 3 heteroatoms. The second kappa shape index (κ2) is 4.08. The van der Waals surface area contributed by atoms with Crippen LogP contribution in [0.15, 0.2) is 54.6 Å². The lowest BCUT2D eigenvalue weighted by Crippen LogP contribution is -2.49. The average molecular weight is 288 g/mol. The number of carbonyl (C=O) groups is 1. The van der Waals surface area contributed by atoms with Gasteiger partial charge in [-0.2, -0.15) is 0 Å². The quantitative estimate of drug-likeness (QED) is 0.875. The Hall–Kier alpha value is -2.39. The molecule has 1 aliphatic carbocycles. The number of nitrogens with zero attached hydrogens (tertiary/aromatic N) is 1. The second-order valence-corrected chi connectivity index (χ2v) is 6.16. The Kier molecular flexibility index (Phi) is 2.26. The molecule has 2 heterocycles. The molecule has 0 aromatic heterocycles. The predicted molar refractivity (Wildman–Crippen MR) is 85.4 cm³/mol. The maximum Gasteiger partial charge on any atom is 0.256 e. The number of benzene rings is 2. The highest BCUT2D eigenvalue weighted by Crippen LogP contribution is 2.51. The van der Waals surface area contributed by atoms with Crippen LogP contribution in [0, 0.1) is 0 Å². The summed E-state index contributed by atoms with van der Waals surface area (Å²) in [5.41, 5.74) is 4.09. The molecule has 1 saturated heterocycles. The summed E-state index contributed by atoms with van der Waals surface area (Å²) in [5.74, 6) is 0.317. The average Bonchev–Trinajstić information content (AvgIpc) is 3.23. The maximum atomic E-state index is 12.8. The molecule has 0 saturated carbocycles. The smallest absolute Gasteiger partial charge is 0.256 e. The molecule has 3 nitrogen and oxygen atoms in total. The van der Waals surface area contributed by atoms with Crippen molar-refractivity contribution in [3.05, 3.63) is 76.9 Å². The van der Waals surface area contributed by atoms with Crippen LogP contribution in [0.1, 0.15) is 33.0 Å². The van der Waals surface area contributed by atoms with Crippen LogP contribution < -0.4 is 5.32 Å². The fourth-order valence-electron chi connectivity index (χ4n) is 4.34. The van der Waals surface area contributed by atoms with Crippen LogP contribution in [0.5, 0.6) is 0 Å². The molecule has 5 rings (SSSR count). The third-order valence-electron chi connectivity index (χ3n) is 5.22. The second-order valence-electron chi connectivity index (χ2n) is 6.16. The van der Waals surface area contributed by atoms with E-state index in [0.29, 0.717) is 0 Å². The van der Waals surface area contributed by atoms with E-state index in [-0.39, 0.29) is 11.8 Å². The van der Waals surface area contributed by atoms with Crippen molar-refractivity contribution in [1.29, 1.82) is 0 Å². The highest BCUT2D eigenvalue weighted by Gasteiger charge is 2.57. The molecule has 0 spiro atoms. The summed E-state index contributed by atoms with van der Waals surface area (Å²) in [6.07, 6.45) is 4.42. The van der Waals surface area contributed by atoms with Gasteiger partial charge in [0.25, 0.3) is 5.91 Å². The van der Waals surface area contributed by atoms with Gasteiger partial charge in [-0.25, -0.2) is 0 Å². The van der Waals surface area contributed by atoms with Gasteiger partial charge in [-0.1, -0.05) is 54.6 Å². The standard InChI is InChI=1S/C19H16N2O/c22-18-15-7-3-4-8-16(15)19(20-11-12-21(18)19)17-10-9-13-5-1-2-6-14(13)17/h1-10,17,20H,11-12H2. The lowest BCUT2D eigenvalue weighted by atomic mass is 9.82. The van der Waals surface area contributed by atoms with Crippen LogP contribution in [0.3, 0.4) is 0 Å².